The van der Waals surface area contributed by atoms with Gasteiger partial charge in [-0.2, -0.15) is 9.57 Å². The Labute approximate surface area is 226 Å². The van der Waals surface area contributed by atoms with Crippen LogP contribution in [0.3, 0.4) is 0 Å². The Morgan fingerprint density at radius 1 is 1.03 bits per heavy atom. The molecule has 0 bridgehead atoms. The molecule has 1 fully saturated rings. The Morgan fingerprint density at radius 3 is 2.35 bits per heavy atom. The number of pyridine rings is 1. The first-order valence-electron chi connectivity index (χ1n) is 11.5. The fourth-order valence-electron chi connectivity index (χ4n) is 4.14. The van der Waals surface area contributed by atoms with Gasteiger partial charge in [-0.1, -0.05) is 47.5 Å². The quantitative estimate of drug-likeness (QED) is 0.448. The van der Waals surface area contributed by atoms with Crippen molar-refractivity contribution >= 4 is 45.0 Å². The van der Waals surface area contributed by atoms with Gasteiger partial charge in [-0.3, -0.25) is 4.79 Å². The maximum Gasteiger partial charge on any atom is 0.254 e. The second-order valence-electron chi connectivity index (χ2n) is 8.83. The average molecular weight is 558 g/mol. The molecule has 0 saturated carbocycles. The lowest BCUT2D eigenvalue weighted by atomic mass is 10.0. The highest BCUT2D eigenvalue weighted by atomic mass is 35.5. The summed E-state index contributed by atoms with van der Waals surface area (Å²) in [5, 5.41) is 10.5. The molecule has 0 unspecified atom stereocenters. The predicted molar refractivity (Wildman–Crippen MR) is 145 cm³/mol. The van der Waals surface area contributed by atoms with Crippen molar-refractivity contribution < 1.29 is 13.2 Å². The molecule has 0 N–H and O–H groups in total. The van der Waals surface area contributed by atoms with E-state index in [1.54, 1.807) is 68.8 Å². The third-order valence-corrected chi connectivity index (χ3v) is 8.66. The normalized spacial score (nSPS) is 14.3. The molecule has 2 heterocycles. The number of benzene rings is 2. The van der Waals surface area contributed by atoms with E-state index < -0.39 is 10.0 Å². The van der Waals surface area contributed by atoms with E-state index in [0.717, 1.165) is 5.56 Å². The van der Waals surface area contributed by atoms with Crippen LogP contribution >= 0.6 is 23.2 Å². The van der Waals surface area contributed by atoms with E-state index in [1.807, 2.05) is 4.90 Å². The topological polar surface area (TPSA) is 97.6 Å². The molecule has 0 spiro atoms. The van der Waals surface area contributed by atoms with Gasteiger partial charge in [0.2, 0.25) is 10.0 Å². The fraction of sp³-hybridized carbons (Fsp3) is 0.269. The maximum absolute atomic E-state index is 13.0. The van der Waals surface area contributed by atoms with Gasteiger partial charge in [-0.15, -0.1) is 0 Å². The largest absolute Gasteiger partial charge is 0.353 e. The summed E-state index contributed by atoms with van der Waals surface area (Å²) in [6, 6.07) is 15.9. The molecule has 1 aromatic heterocycles. The molecular weight excluding hydrogens is 533 g/mol. The van der Waals surface area contributed by atoms with Crippen LogP contribution in [-0.2, 0) is 15.8 Å². The number of anilines is 1. The van der Waals surface area contributed by atoms with E-state index in [0.29, 0.717) is 51.2 Å². The number of sulfonamides is 1. The van der Waals surface area contributed by atoms with E-state index >= 15 is 0 Å². The number of halogens is 2. The van der Waals surface area contributed by atoms with Crippen LogP contribution in [0.2, 0.25) is 10.0 Å². The summed E-state index contributed by atoms with van der Waals surface area (Å²) in [4.78, 5) is 20.2. The molecule has 2 aromatic carbocycles. The number of hydrogen-bond donors (Lipinski definition) is 0. The molecular formula is C26H25Cl2N5O3S. The smallest absolute Gasteiger partial charge is 0.254 e. The maximum atomic E-state index is 13.0. The molecule has 0 atom stereocenters. The molecule has 0 radical (unpaired) electrons. The van der Waals surface area contributed by atoms with Crippen molar-refractivity contribution in [3.8, 4) is 17.2 Å². The highest BCUT2D eigenvalue weighted by Crippen LogP contribution is 2.30. The number of nitriles is 1. The van der Waals surface area contributed by atoms with Gasteiger partial charge in [0.05, 0.1) is 21.9 Å². The van der Waals surface area contributed by atoms with Gasteiger partial charge in [-0.25, -0.2) is 13.4 Å². The Bertz CT molecular complexity index is 1480. The Hall–Kier alpha value is -3.16. The zero-order chi connectivity index (χ0) is 26.7. The fourth-order valence-corrected chi connectivity index (χ4v) is 6.23. The number of aromatic nitrogens is 1. The first kappa shape index (κ1) is 26.9. The van der Waals surface area contributed by atoms with Gasteiger partial charge in [0.15, 0.2) is 0 Å². The standard InChI is InChI=1S/C26H25Cl2N5O3S/c1-31(2)26(34)22-8-7-18(14-24(22)28)21-13-20(15-29)25(30-16-21)32-9-11-33(12-10-32)37(35,36)17-19-5-3-4-6-23(19)27/h3-8,13-14,16H,9-12,17H2,1-2H3. The van der Waals surface area contributed by atoms with Gasteiger partial charge in [0.1, 0.15) is 11.9 Å². The minimum atomic E-state index is -3.54. The van der Waals surface area contributed by atoms with Crippen molar-refractivity contribution in [2.24, 2.45) is 0 Å². The van der Waals surface area contributed by atoms with Gasteiger partial charge in [0, 0.05) is 57.1 Å². The van der Waals surface area contributed by atoms with Crippen LogP contribution in [-0.4, -0.2) is 68.8 Å². The number of amides is 1. The van der Waals surface area contributed by atoms with E-state index in [-0.39, 0.29) is 24.7 Å². The second kappa shape index (κ2) is 11.1. The van der Waals surface area contributed by atoms with Gasteiger partial charge >= 0.3 is 0 Å². The monoisotopic (exact) mass is 557 g/mol. The number of carbonyl (C=O) groups excluding carboxylic acids is 1. The predicted octanol–water partition coefficient (Wildman–Crippen LogP) is 4.28. The van der Waals surface area contributed by atoms with Crippen molar-refractivity contribution in [3.63, 3.8) is 0 Å². The van der Waals surface area contributed by atoms with E-state index in [1.165, 1.54) is 9.21 Å². The third-order valence-electron chi connectivity index (χ3n) is 6.15. The van der Waals surface area contributed by atoms with Crippen LogP contribution < -0.4 is 4.90 Å². The second-order valence-corrected chi connectivity index (χ2v) is 11.6. The number of carbonyl (C=O) groups is 1. The first-order valence-corrected chi connectivity index (χ1v) is 13.8. The SMILES string of the molecule is CN(C)C(=O)c1ccc(-c2cnc(N3CCN(S(=O)(=O)Cc4ccccc4Cl)CC3)c(C#N)c2)cc1Cl. The highest BCUT2D eigenvalue weighted by Gasteiger charge is 2.29. The van der Waals surface area contributed by atoms with Crippen molar-refractivity contribution in [2.45, 2.75) is 5.75 Å². The summed E-state index contributed by atoms with van der Waals surface area (Å²) in [6.45, 7) is 1.35. The van der Waals surface area contributed by atoms with Gasteiger partial charge in [-0.05, 0) is 35.4 Å². The molecule has 37 heavy (non-hydrogen) atoms. The Balaban J connectivity index is 1.49. The Kier molecular flexibility index (Phi) is 8.05. The molecule has 1 amide bonds. The summed E-state index contributed by atoms with van der Waals surface area (Å²) < 4.78 is 27.4. The molecule has 4 rings (SSSR count). The lowest BCUT2D eigenvalue weighted by molar-refractivity contribution is 0.0828. The number of nitrogens with zero attached hydrogens (tertiary/aromatic N) is 5. The zero-order valence-electron chi connectivity index (χ0n) is 20.4. The number of piperazine rings is 1. The highest BCUT2D eigenvalue weighted by molar-refractivity contribution is 7.88. The summed E-state index contributed by atoms with van der Waals surface area (Å²) >= 11 is 12.5. The minimum Gasteiger partial charge on any atom is -0.353 e. The van der Waals surface area contributed by atoms with Gasteiger partial charge < -0.3 is 9.80 Å². The Morgan fingerprint density at radius 2 is 1.73 bits per heavy atom. The van der Waals surface area contributed by atoms with E-state index in [9.17, 15) is 18.5 Å². The van der Waals surface area contributed by atoms with Crippen molar-refractivity contribution in [2.75, 3.05) is 45.2 Å². The average Bonchev–Trinajstić information content (AvgIpc) is 2.89. The van der Waals surface area contributed by atoms with Crippen molar-refractivity contribution in [1.82, 2.24) is 14.2 Å². The first-order chi connectivity index (χ1) is 17.6. The van der Waals surface area contributed by atoms with Crippen LogP contribution in [0.15, 0.2) is 54.7 Å². The summed E-state index contributed by atoms with van der Waals surface area (Å²) in [7, 11) is -0.234. The zero-order valence-corrected chi connectivity index (χ0v) is 22.7. The molecule has 0 aliphatic carbocycles. The molecule has 192 valence electrons. The van der Waals surface area contributed by atoms with E-state index in [4.69, 9.17) is 23.2 Å². The number of hydrogen-bond acceptors (Lipinski definition) is 6. The third kappa shape index (κ3) is 5.89. The molecule has 1 aliphatic heterocycles. The van der Waals surface area contributed by atoms with E-state index in [2.05, 4.69) is 11.1 Å². The van der Waals surface area contributed by atoms with Gasteiger partial charge in [0.25, 0.3) is 5.91 Å². The van der Waals surface area contributed by atoms with Crippen LogP contribution in [0, 0.1) is 11.3 Å². The van der Waals surface area contributed by atoms with Crippen molar-refractivity contribution in [3.05, 3.63) is 81.5 Å². The minimum absolute atomic E-state index is 0.162. The van der Waals surface area contributed by atoms with Crippen LogP contribution in [0.5, 0.6) is 0 Å². The molecule has 11 heteroatoms. The number of rotatable bonds is 6. The molecule has 8 nitrogen and oxygen atoms in total. The van der Waals surface area contributed by atoms with Crippen molar-refractivity contribution in [1.29, 1.82) is 5.26 Å². The molecule has 3 aromatic rings. The lowest BCUT2D eigenvalue weighted by Crippen LogP contribution is -2.49. The molecule has 1 aliphatic rings. The summed E-state index contributed by atoms with van der Waals surface area (Å²) in [5.41, 5.74) is 2.74. The summed E-state index contributed by atoms with van der Waals surface area (Å²) in [6.07, 6.45) is 1.65. The lowest BCUT2D eigenvalue weighted by Gasteiger charge is -2.35. The van der Waals surface area contributed by atoms with Crippen LogP contribution in [0.25, 0.3) is 11.1 Å². The van der Waals surface area contributed by atoms with Crippen LogP contribution in [0.4, 0.5) is 5.82 Å². The molecule has 1 saturated heterocycles. The van der Waals surface area contributed by atoms with Crippen LogP contribution in [0.1, 0.15) is 21.5 Å². The summed E-state index contributed by atoms with van der Waals surface area (Å²) in [5.74, 6) is 0.139.